The number of para-hydroxylation sites is 2. The lowest BCUT2D eigenvalue weighted by atomic mass is 10.2. The van der Waals surface area contributed by atoms with E-state index in [9.17, 15) is 18.0 Å². The number of carbonyl (C=O) groups excluding carboxylic acids is 2. The molecule has 0 aliphatic rings. The first-order valence-electron chi connectivity index (χ1n) is 9.89. The Kier molecular flexibility index (Phi) is 7.71. The van der Waals surface area contributed by atoms with Gasteiger partial charge in [0.15, 0.2) is 18.1 Å². The fourth-order valence-corrected chi connectivity index (χ4v) is 3.52. The van der Waals surface area contributed by atoms with Gasteiger partial charge in [-0.2, -0.15) is 0 Å². The zero-order valence-corrected chi connectivity index (χ0v) is 19.2. The van der Waals surface area contributed by atoms with E-state index in [2.05, 4.69) is 10.6 Å². The Labute approximate surface area is 196 Å². The zero-order chi connectivity index (χ0) is 24.7. The Morgan fingerprint density at radius 2 is 1.59 bits per heavy atom. The van der Waals surface area contributed by atoms with Crippen LogP contribution < -0.4 is 30.0 Å². The van der Waals surface area contributed by atoms with Gasteiger partial charge in [-0.25, -0.2) is 13.6 Å². The molecule has 3 aromatic carbocycles. The van der Waals surface area contributed by atoms with Crippen molar-refractivity contribution in [3.8, 4) is 17.2 Å². The van der Waals surface area contributed by atoms with Crippen molar-refractivity contribution >= 4 is 33.2 Å². The summed E-state index contributed by atoms with van der Waals surface area (Å²) < 4.78 is 39.0. The Morgan fingerprint density at radius 1 is 0.853 bits per heavy atom. The van der Waals surface area contributed by atoms with Gasteiger partial charge in [0.2, 0.25) is 10.0 Å². The van der Waals surface area contributed by atoms with E-state index in [1.54, 1.807) is 24.3 Å². The molecule has 0 aliphatic heterocycles. The molecular formula is C23H23N3O7S. The molecular weight excluding hydrogens is 462 g/mol. The van der Waals surface area contributed by atoms with Gasteiger partial charge in [-0.3, -0.25) is 9.59 Å². The third-order valence-corrected chi connectivity index (χ3v) is 5.50. The number of methoxy groups -OCH3 is 2. The predicted octanol–water partition coefficient (Wildman–Crippen LogP) is 2.62. The van der Waals surface area contributed by atoms with E-state index < -0.39 is 21.8 Å². The molecule has 0 heterocycles. The Hall–Kier alpha value is -4.09. The number of amides is 2. The van der Waals surface area contributed by atoms with Gasteiger partial charge in [0, 0.05) is 11.3 Å². The minimum absolute atomic E-state index is 0.127. The van der Waals surface area contributed by atoms with Crippen LogP contribution in [0.15, 0.2) is 71.6 Å². The largest absolute Gasteiger partial charge is 0.495 e. The molecule has 34 heavy (non-hydrogen) atoms. The molecule has 0 aliphatic carbocycles. The van der Waals surface area contributed by atoms with Crippen LogP contribution in [0.25, 0.3) is 0 Å². The summed E-state index contributed by atoms with van der Waals surface area (Å²) in [6.45, 7) is -0.305. The number of sulfonamides is 1. The summed E-state index contributed by atoms with van der Waals surface area (Å²) in [5.41, 5.74) is 0.983. The fraction of sp³-hybridized carbons (Fsp3) is 0.130. The van der Waals surface area contributed by atoms with Gasteiger partial charge in [0.25, 0.3) is 11.8 Å². The maximum atomic E-state index is 12.6. The molecule has 0 saturated heterocycles. The summed E-state index contributed by atoms with van der Waals surface area (Å²) in [6, 6.07) is 16.9. The van der Waals surface area contributed by atoms with Crippen molar-refractivity contribution in [2.24, 2.45) is 5.14 Å². The van der Waals surface area contributed by atoms with Crippen LogP contribution in [0.4, 0.5) is 11.4 Å². The number of primary sulfonamides is 1. The Bertz CT molecular complexity index is 1310. The molecule has 0 radical (unpaired) electrons. The molecule has 0 saturated carbocycles. The number of hydrogen-bond acceptors (Lipinski definition) is 7. The first-order chi connectivity index (χ1) is 16.2. The van der Waals surface area contributed by atoms with Crippen LogP contribution in [-0.2, 0) is 14.8 Å². The fourth-order valence-electron chi connectivity index (χ4n) is 2.96. The minimum Gasteiger partial charge on any atom is -0.495 e. The van der Waals surface area contributed by atoms with Crippen molar-refractivity contribution < 1.29 is 32.2 Å². The molecule has 0 unspecified atom stereocenters. The predicted molar refractivity (Wildman–Crippen MR) is 126 cm³/mol. The second-order valence-corrected chi connectivity index (χ2v) is 8.49. The maximum absolute atomic E-state index is 12.6. The van der Waals surface area contributed by atoms with Gasteiger partial charge in [-0.1, -0.05) is 18.2 Å². The molecule has 11 heteroatoms. The highest BCUT2D eigenvalue weighted by Crippen LogP contribution is 2.29. The van der Waals surface area contributed by atoms with Gasteiger partial charge in [-0.15, -0.1) is 0 Å². The number of nitrogens with one attached hydrogen (secondary N) is 2. The lowest BCUT2D eigenvalue weighted by Crippen LogP contribution is -2.20. The average molecular weight is 486 g/mol. The van der Waals surface area contributed by atoms with Gasteiger partial charge in [-0.05, 0) is 48.5 Å². The molecule has 0 aromatic heterocycles. The number of carbonyl (C=O) groups is 2. The summed E-state index contributed by atoms with van der Waals surface area (Å²) in [7, 11) is -1.01. The number of hydrogen-bond donors (Lipinski definition) is 3. The van der Waals surface area contributed by atoms with Crippen molar-refractivity contribution in [2.75, 3.05) is 31.5 Å². The van der Waals surface area contributed by atoms with Crippen LogP contribution in [0, 0.1) is 0 Å². The summed E-state index contributed by atoms with van der Waals surface area (Å²) in [4.78, 5) is 24.8. The van der Waals surface area contributed by atoms with E-state index in [0.29, 0.717) is 11.4 Å². The molecule has 2 amide bonds. The summed E-state index contributed by atoms with van der Waals surface area (Å²) in [5.74, 6) is 0.0771. The number of ether oxygens (including phenoxy) is 3. The second kappa shape index (κ2) is 10.7. The third-order valence-electron chi connectivity index (χ3n) is 4.59. The summed E-state index contributed by atoms with van der Waals surface area (Å²) in [5, 5.41) is 10.4. The number of benzene rings is 3. The maximum Gasteiger partial charge on any atom is 0.262 e. The summed E-state index contributed by atoms with van der Waals surface area (Å²) >= 11 is 0. The van der Waals surface area contributed by atoms with Crippen molar-refractivity contribution in [2.45, 2.75) is 4.90 Å². The number of anilines is 2. The topological polar surface area (TPSA) is 146 Å². The van der Waals surface area contributed by atoms with E-state index in [4.69, 9.17) is 19.3 Å². The van der Waals surface area contributed by atoms with E-state index in [1.807, 2.05) is 0 Å². The van der Waals surface area contributed by atoms with Gasteiger partial charge < -0.3 is 24.8 Å². The molecule has 4 N–H and O–H groups in total. The SMILES string of the molecule is COc1ccccc1NC(=O)COc1ccc(C(=O)Nc2cccc(S(N)(=O)=O)c2)cc1OC. The lowest BCUT2D eigenvalue weighted by Gasteiger charge is -2.13. The highest BCUT2D eigenvalue weighted by molar-refractivity contribution is 7.89. The highest BCUT2D eigenvalue weighted by atomic mass is 32.2. The van der Waals surface area contributed by atoms with Crippen molar-refractivity contribution in [3.63, 3.8) is 0 Å². The molecule has 178 valence electrons. The van der Waals surface area contributed by atoms with Gasteiger partial charge in [0.1, 0.15) is 5.75 Å². The quantitative estimate of drug-likeness (QED) is 0.422. The molecule has 0 fully saturated rings. The summed E-state index contributed by atoms with van der Waals surface area (Å²) in [6.07, 6.45) is 0. The van der Waals surface area contributed by atoms with E-state index >= 15 is 0 Å². The Morgan fingerprint density at radius 3 is 2.29 bits per heavy atom. The first-order valence-corrected chi connectivity index (χ1v) is 11.4. The van der Waals surface area contributed by atoms with Crippen LogP contribution in [0.5, 0.6) is 17.2 Å². The second-order valence-electron chi connectivity index (χ2n) is 6.93. The Balaban J connectivity index is 1.67. The average Bonchev–Trinajstić information content (AvgIpc) is 2.82. The molecule has 0 spiro atoms. The van der Waals surface area contributed by atoms with Gasteiger partial charge >= 0.3 is 0 Å². The smallest absolute Gasteiger partial charge is 0.262 e. The molecule has 10 nitrogen and oxygen atoms in total. The number of nitrogens with two attached hydrogens (primary N) is 1. The lowest BCUT2D eigenvalue weighted by molar-refractivity contribution is -0.118. The minimum atomic E-state index is -3.91. The van der Waals surface area contributed by atoms with Crippen LogP contribution in [0.1, 0.15) is 10.4 Å². The number of rotatable bonds is 9. The molecule has 3 rings (SSSR count). The monoisotopic (exact) mass is 485 g/mol. The van der Waals surface area contributed by atoms with Crippen molar-refractivity contribution in [1.82, 2.24) is 0 Å². The molecule has 3 aromatic rings. The van der Waals surface area contributed by atoms with Crippen molar-refractivity contribution in [3.05, 3.63) is 72.3 Å². The zero-order valence-electron chi connectivity index (χ0n) is 18.4. The van der Waals surface area contributed by atoms with E-state index in [1.165, 1.54) is 56.7 Å². The van der Waals surface area contributed by atoms with E-state index in [-0.39, 0.29) is 34.3 Å². The van der Waals surface area contributed by atoms with E-state index in [0.717, 1.165) is 0 Å². The molecule has 0 atom stereocenters. The van der Waals surface area contributed by atoms with Crippen LogP contribution >= 0.6 is 0 Å². The van der Waals surface area contributed by atoms with Gasteiger partial charge in [0.05, 0.1) is 24.8 Å². The van der Waals surface area contributed by atoms with Crippen LogP contribution in [0.2, 0.25) is 0 Å². The highest BCUT2D eigenvalue weighted by Gasteiger charge is 2.15. The standard InChI is InChI=1S/C23H23N3O7S/c1-31-19-9-4-3-8-18(19)26-22(27)14-33-20-11-10-15(12-21(20)32-2)23(28)25-16-6-5-7-17(13-16)34(24,29)30/h3-13H,14H2,1-2H3,(H,25,28)(H,26,27)(H2,24,29,30). The third kappa shape index (κ3) is 6.24. The van der Waals surface area contributed by atoms with Crippen molar-refractivity contribution in [1.29, 1.82) is 0 Å². The van der Waals surface area contributed by atoms with Crippen LogP contribution in [-0.4, -0.2) is 41.1 Å². The van der Waals surface area contributed by atoms with Crippen LogP contribution in [0.3, 0.4) is 0 Å². The normalized spacial score (nSPS) is 10.8. The first kappa shape index (κ1) is 24.6. The molecule has 0 bridgehead atoms.